The van der Waals surface area contributed by atoms with Crippen molar-refractivity contribution in [2.24, 2.45) is 0 Å². The molecule has 1 N–H and O–H groups in total. The molecule has 1 aromatic carbocycles. The van der Waals surface area contributed by atoms with E-state index in [0.717, 1.165) is 25.3 Å². The van der Waals surface area contributed by atoms with E-state index in [1.54, 1.807) is 4.31 Å². The maximum Gasteiger partial charge on any atom is 0.211 e. The predicted octanol–water partition coefficient (Wildman–Crippen LogP) is 1.06. The molecule has 1 aromatic rings. The van der Waals surface area contributed by atoms with Gasteiger partial charge in [-0.3, -0.25) is 4.90 Å². The highest BCUT2D eigenvalue weighted by molar-refractivity contribution is 7.88. The Bertz CT molecular complexity index is 510. The van der Waals surface area contributed by atoms with Gasteiger partial charge in [0.2, 0.25) is 10.0 Å². The molecule has 1 atom stereocenters. The van der Waals surface area contributed by atoms with E-state index in [1.807, 2.05) is 30.3 Å². The number of sulfonamides is 1. The average Bonchev–Trinajstić information content (AvgIpc) is 2.45. The van der Waals surface area contributed by atoms with E-state index >= 15 is 0 Å². The van der Waals surface area contributed by atoms with Crippen molar-refractivity contribution in [3.63, 3.8) is 0 Å². The number of nitrogens with zero attached hydrogens (tertiary/aromatic N) is 2. The van der Waals surface area contributed by atoms with Gasteiger partial charge in [-0.25, -0.2) is 8.42 Å². The van der Waals surface area contributed by atoms with Gasteiger partial charge in [-0.1, -0.05) is 18.2 Å². The quantitative estimate of drug-likeness (QED) is 0.883. The molecule has 1 heterocycles. The summed E-state index contributed by atoms with van der Waals surface area (Å²) in [6.45, 7) is 5.81. The van der Waals surface area contributed by atoms with Crippen LogP contribution >= 0.6 is 0 Å². The van der Waals surface area contributed by atoms with Crippen LogP contribution in [0.1, 0.15) is 6.92 Å². The number of hydrogen-bond acceptors (Lipinski definition) is 4. The number of rotatable bonds is 5. The molecule has 0 amide bonds. The van der Waals surface area contributed by atoms with Gasteiger partial charge in [0.15, 0.2) is 0 Å². The monoisotopic (exact) mass is 297 g/mol. The minimum absolute atomic E-state index is 0.386. The van der Waals surface area contributed by atoms with Gasteiger partial charge in [0.1, 0.15) is 0 Å². The van der Waals surface area contributed by atoms with E-state index in [1.165, 1.54) is 6.26 Å². The van der Waals surface area contributed by atoms with Crippen LogP contribution < -0.4 is 5.32 Å². The number of hydrogen-bond donors (Lipinski definition) is 1. The fourth-order valence-corrected chi connectivity index (χ4v) is 3.25. The Hall–Kier alpha value is -1.11. The van der Waals surface area contributed by atoms with Crippen LogP contribution in [0.4, 0.5) is 5.69 Å². The molecule has 2 rings (SSSR count). The summed E-state index contributed by atoms with van der Waals surface area (Å²) in [5, 5.41) is 3.41. The Balaban J connectivity index is 1.79. The summed E-state index contributed by atoms with van der Waals surface area (Å²) in [4.78, 5) is 2.33. The van der Waals surface area contributed by atoms with Gasteiger partial charge >= 0.3 is 0 Å². The molecule has 1 saturated heterocycles. The Morgan fingerprint density at radius 1 is 1.15 bits per heavy atom. The summed E-state index contributed by atoms with van der Waals surface area (Å²) < 4.78 is 24.5. The van der Waals surface area contributed by atoms with Gasteiger partial charge in [0.25, 0.3) is 0 Å². The molecule has 0 spiro atoms. The van der Waals surface area contributed by atoms with Crippen molar-refractivity contribution in [3.05, 3.63) is 30.3 Å². The third-order valence-electron chi connectivity index (χ3n) is 3.74. The van der Waals surface area contributed by atoms with Crippen LogP contribution in [0.5, 0.6) is 0 Å². The van der Waals surface area contributed by atoms with Gasteiger partial charge < -0.3 is 5.32 Å². The van der Waals surface area contributed by atoms with E-state index in [0.29, 0.717) is 19.1 Å². The van der Waals surface area contributed by atoms with Gasteiger partial charge in [0, 0.05) is 44.5 Å². The maximum absolute atomic E-state index is 11.5. The number of nitrogens with one attached hydrogen (secondary N) is 1. The van der Waals surface area contributed by atoms with Crippen molar-refractivity contribution in [1.82, 2.24) is 9.21 Å². The molecule has 0 radical (unpaired) electrons. The molecular weight excluding hydrogens is 274 g/mol. The minimum atomic E-state index is -3.04. The lowest BCUT2D eigenvalue weighted by molar-refractivity contribution is 0.151. The van der Waals surface area contributed by atoms with Crippen molar-refractivity contribution in [1.29, 1.82) is 0 Å². The molecule has 6 heteroatoms. The molecule has 20 heavy (non-hydrogen) atoms. The highest BCUT2D eigenvalue weighted by Gasteiger charge is 2.25. The molecular formula is C14H23N3O2S. The average molecular weight is 297 g/mol. The van der Waals surface area contributed by atoms with E-state index in [2.05, 4.69) is 17.1 Å². The number of anilines is 1. The second-order valence-corrected chi connectivity index (χ2v) is 7.28. The van der Waals surface area contributed by atoms with Crippen LogP contribution in [0.2, 0.25) is 0 Å². The van der Waals surface area contributed by atoms with Crippen molar-refractivity contribution in [2.45, 2.75) is 13.0 Å². The Morgan fingerprint density at radius 2 is 1.75 bits per heavy atom. The lowest BCUT2D eigenvalue weighted by Gasteiger charge is -2.37. The number of para-hydroxylation sites is 1. The van der Waals surface area contributed by atoms with Crippen LogP contribution in [0, 0.1) is 0 Å². The molecule has 112 valence electrons. The van der Waals surface area contributed by atoms with Crippen LogP contribution in [-0.2, 0) is 10.0 Å². The van der Waals surface area contributed by atoms with Crippen molar-refractivity contribution >= 4 is 15.7 Å². The van der Waals surface area contributed by atoms with E-state index < -0.39 is 10.0 Å². The first kappa shape index (κ1) is 15.3. The van der Waals surface area contributed by atoms with Gasteiger partial charge in [-0.2, -0.15) is 4.31 Å². The van der Waals surface area contributed by atoms with E-state index in [9.17, 15) is 8.42 Å². The smallest absolute Gasteiger partial charge is 0.211 e. The number of benzene rings is 1. The fourth-order valence-electron chi connectivity index (χ4n) is 2.43. The van der Waals surface area contributed by atoms with Crippen molar-refractivity contribution in [2.75, 3.05) is 44.3 Å². The molecule has 0 aliphatic carbocycles. The van der Waals surface area contributed by atoms with Crippen LogP contribution in [0.3, 0.4) is 0 Å². The zero-order chi connectivity index (χ0) is 14.6. The maximum atomic E-state index is 11.5. The first-order valence-electron chi connectivity index (χ1n) is 6.95. The van der Waals surface area contributed by atoms with Crippen LogP contribution in [0.15, 0.2) is 30.3 Å². The lowest BCUT2D eigenvalue weighted by Crippen LogP contribution is -2.52. The summed E-state index contributed by atoms with van der Waals surface area (Å²) >= 11 is 0. The van der Waals surface area contributed by atoms with E-state index in [-0.39, 0.29) is 0 Å². The molecule has 0 saturated carbocycles. The van der Waals surface area contributed by atoms with Gasteiger partial charge in [0.05, 0.1) is 6.26 Å². The Morgan fingerprint density at radius 3 is 2.30 bits per heavy atom. The summed E-state index contributed by atoms with van der Waals surface area (Å²) in [6, 6.07) is 10.5. The third kappa shape index (κ3) is 4.19. The lowest BCUT2D eigenvalue weighted by atomic mass is 10.2. The fraction of sp³-hybridized carbons (Fsp3) is 0.571. The van der Waals surface area contributed by atoms with Gasteiger partial charge in [-0.15, -0.1) is 0 Å². The minimum Gasteiger partial charge on any atom is -0.383 e. The largest absolute Gasteiger partial charge is 0.383 e. The van der Waals surface area contributed by atoms with Gasteiger partial charge in [-0.05, 0) is 19.1 Å². The zero-order valence-corrected chi connectivity index (χ0v) is 12.9. The highest BCUT2D eigenvalue weighted by atomic mass is 32.2. The predicted molar refractivity (Wildman–Crippen MR) is 82.4 cm³/mol. The molecule has 1 fully saturated rings. The topological polar surface area (TPSA) is 52.6 Å². The molecule has 1 aliphatic heterocycles. The molecule has 1 unspecified atom stereocenters. The summed E-state index contributed by atoms with van der Waals surface area (Å²) in [6.07, 6.45) is 1.28. The highest BCUT2D eigenvalue weighted by Crippen LogP contribution is 2.11. The standard InChI is InChI=1S/C14H23N3O2S/c1-13(12-15-14-6-4-3-5-7-14)16-8-10-17(11-9-16)20(2,18)19/h3-7,13,15H,8-12H2,1-2H3. The van der Waals surface area contributed by atoms with Crippen molar-refractivity contribution < 1.29 is 8.42 Å². The molecule has 1 aliphatic rings. The van der Waals surface area contributed by atoms with E-state index in [4.69, 9.17) is 0 Å². The summed E-state index contributed by atoms with van der Waals surface area (Å²) in [7, 11) is -3.04. The molecule has 5 nitrogen and oxygen atoms in total. The van der Waals surface area contributed by atoms with Crippen LogP contribution in [0.25, 0.3) is 0 Å². The zero-order valence-electron chi connectivity index (χ0n) is 12.1. The molecule has 0 aromatic heterocycles. The molecule has 0 bridgehead atoms. The normalized spacial score (nSPS) is 19.7. The first-order valence-corrected chi connectivity index (χ1v) is 8.80. The second-order valence-electron chi connectivity index (χ2n) is 5.29. The SMILES string of the molecule is CC(CNc1ccccc1)N1CCN(S(C)(=O)=O)CC1. The summed E-state index contributed by atoms with van der Waals surface area (Å²) in [5.41, 5.74) is 1.12. The van der Waals surface area contributed by atoms with Crippen LogP contribution in [-0.4, -0.2) is 62.6 Å². The summed E-state index contributed by atoms with van der Waals surface area (Å²) in [5.74, 6) is 0. The Kier molecular flexibility index (Phi) is 5.01. The Labute approximate surface area is 121 Å². The van der Waals surface area contributed by atoms with Crippen molar-refractivity contribution in [3.8, 4) is 0 Å². The second kappa shape index (κ2) is 6.56. The number of piperazine rings is 1. The third-order valence-corrected chi connectivity index (χ3v) is 5.04. The first-order chi connectivity index (χ1) is 9.47.